The van der Waals surface area contributed by atoms with Crippen molar-refractivity contribution in [3.05, 3.63) is 35.9 Å². The molecule has 0 bridgehead atoms. The van der Waals surface area contributed by atoms with E-state index in [2.05, 4.69) is 10.6 Å². The van der Waals surface area contributed by atoms with Crippen molar-refractivity contribution in [3.63, 3.8) is 0 Å². The van der Waals surface area contributed by atoms with Crippen LogP contribution in [0.5, 0.6) is 0 Å². The molecular formula is C18H26N2O4. The Hall–Kier alpha value is -2.37. The SMILES string of the molecule is CC[C@@H](C)[C@@H](NC(=O)CCNC(=O)Cc1ccccc1)C(=O)OC. The Kier molecular flexibility index (Phi) is 8.54. The van der Waals surface area contributed by atoms with E-state index in [9.17, 15) is 14.4 Å². The van der Waals surface area contributed by atoms with Gasteiger partial charge in [0.25, 0.3) is 0 Å². The number of carbonyl (C=O) groups is 3. The maximum atomic E-state index is 12.0. The third kappa shape index (κ3) is 6.81. The molecule has 2 atom stereocenters. The molecule has 6 nitrogen and oxygen atoms in total. The first-order valence-electron chi connectivity index (χ1n) is 8.15. The molecule has 0 saturated carbocycles. The highest BCUT2D eigenvalue weighted by Crippen LogP contribution is 2.09. The smallest absolute Gasteiger partial charge is 0.328 e. The van der Waals surface area contributed by atoms with E-state index in [0.29, 0.717) is 0 Å². The summed E-state index contributed by atoms with van der Waals surface area (Å²) in [7, 11) is 1.30. The summed E-state index contributed by atoms with van der Waals surface area (Å²) < 4.78 is 4.72. The molecule has 1 aromatic rings. The lowest BCUT2D eigenvalue weighted by molar-refractivity contribution is -0.146. The zero-order chi connectivity index (χ0) is 17.9. The molecule has 2 amide bonds. The lowest BCUT2D eigenvalue weighted by atomic mass is 9.99. The van der Waals surface area contributed by atoms with Gasteiger partial charge in [-0.25, -0.2) is 4.79 Å². The molecule has 0 radical (unpaired) electrons. The van der Waals surface area contributed by atoms with Crippen LogP contribution < -0.4 is 10.6 Å². The number of hydrogen-bond acceptors (Lipinski definition) is 4. The van der Waals surface area contributed by atoms with Gasteiger partial charge in [-0.2, -0.15) is 0 Å². The van der Waals surface area contributed by atoms with Gasteiger partial charge in [-0.3, -0.25) is 9.59 Å². The van der Waals surface area contributed by atoms with E-state index in [1.165, 1.54) is 7.11 Å². The molecule has 0 fully saturated rings. The van der Waals surface area contributed by atoms with Crippen molar-refractivity contribution < 1.29 is 19.1 Å². The first kappa shape index (κ1) is 19.7. The molecule has 0 aliphatic heterocycles. The predicted molar refractivity (Wildman–Crippen MR) is 91.2 cm³/mol. The summed E-state index contributed by atoms with van der Waals surface area (Å²) in [5.74, 6) is -0.897. The van der Waals surface area contributed by atoms with Crippen molar-refractivity contribution in [1.82, 2.24) is 10.6 Å². The highest BCUT2D eigenvalue weighted by Gasteiger charge is 2.26. The molecule has 0 aromatic heterocycles. The molecule has 6 heteroatoms. The molecule has 1 aromatic carbocycles. The predicted octanol–water partition coefficient (Wildman–Crippen LogP) is 1.44. The van der Waals surface area contributed by atoms with E-state index in [0.717, 1.165) is 12.0 Å². The molecule has 0 aliphatic rings. The topological polar surface area (TPSA) is 84.5 Å². The van der Waals surface area contributed by atoms with Crippen molar-refractivity contribution in [2.75, 3.05) is 13.7 Å². The summed E-state index contributed by atoms with van der Waals surface area (Å²) in [6.45, 7) is 4.05. The number of esters is 1. The minimum Gasteiger partial charge on any atom is -0.467 e. The van der Waals surface area contributed by atoms with Crippen LogP contribution in [0.1, 0.15) is 32.3 Å². The largest absolute Gasteiger partial charge is 0.467 e. The van der Waals surface area contributed by atoms with Gasteiger partial charge in [-0.1, -0.05) is 50.6 Å². The fourth-order valence-corrected chi connectivity index (χ4v) is 2.20. The van der Waals surface area contributed by atoms with Crippen LogP contribution in [0.15, 0.2) is 30.3 Å². The number of carbonyl (C=O) groups excluding carboxylic acids is 3. The summed E-state index contributed by atoms with van der Waals surface area (Å²) in [5, 5.41) is 5.38. The van der Waals surface area contributed by atoms with Gasteiger partial charge in [0.2, 0.25) is 11.8 Å². The van der Waals surface area contributed by atoms with E-state index < -0.39 is 12.0 Å². The quantitative estimate of drug-likeness (QED) is 0.669. The third-order valence-corrected chi connectivity index (χ3v) is 3.87. The number of rotatable bonds is 9. The van der Waals surface area contributed by atoms with Crippen LogP contribution in [-0.2, 0) is 25.5 Å². The molecule has 0 saturated heterocycles. The number of benzene rings is 1. The van der Waals surface area contributed by atoms with Crippen LogP contribution >= 0.6 is 0 Å². The summed E-state index contributed by atoms with van der Waals surface area (Å²) in [6.07, 6.45) is 1.14. The second kappa shape index (κ2) is 10.4. The van der Waals surface area contributed by atoms with Crippen LogP contribution in [0.2, 0.25) is 0 Å². The van der Waals surface area contributed by atoms with Crippen LogP contribution in [0.25, 0.3) is 0 Å². The Bertz CT molecular complexity index is 545. The normalized spacial score (nSPS) is 12.8. The Labute approximate surface area is 143 Å². The van der Waals surface area contributed by atoms with Crippen LogP contribution in [0, 0.1) is 5.92 Å². The van der Waals surface area contributed by atoms with E-state index in [-0.39, 0.29) is 37.1 Å². The molecule has 0 aliphatic carbocycles. The Morgan fingerprint density at radius 1 is 1.12 bits per heavy atom. The molecule has 132 valence electrons. The summed E-state index contributed by atoms with van der Waals surface area (Å²) in [4.78, 5) is 35.5. The molecule has 0 spiro atoms. The molecule has 24 heavy (non-hydrogen) atoms. The standard InChI is InChI=1S/C18H26N2O4/c1-4-13(2)17(18(23)24-3)20-15(21)10-11-19-16(22)12-14-8-6-5-7-9-14/h5-9,13,17H,4,10-12H2,1-3H3,(H,19,22)(H,20,21)/t13-,17-/m1/s1. The van der Waals surface area contributed by atoms with Gasteiger partial charge in [0.05, 0.1) is 13.5 Å². The Morgan fingerprint density at radius 3 is 2.38 bits per heavy atom. The zero-order valence-corrected chi connectivity index (χ0v) is 14.5. The van der Waals surface area contributed by atoms with Crippen LogP contribution in [0.3, 0.4) is 0 Å². The Balaban J connectivity index is 2.36. The van der Waals surface area contributed by atoms with Gasteiger partial charge in [-0.05, 0) is 11.5 Å². The van der Waals surface area contributed by atoms with Crippen molar-refractivity contribution in [3.8, 4) is 0 Å². The average molecular weight is 334 g/mol. The highest BCUT2D eigenvalue weighted by atomic mass is 16.5. The van der Waals surface area contributed by atoms with Crippen molar-refractivity contribution in [2.45, 2.75) is 39.2 Å². The van der Waals surface area contributed by atoms with Gasteiger partial charge in [0.1, 0.15) is 6.04 Å². The maximum absolute atomic E-state index is 12.0. The number of methoxy groups -OCH3 is 1. The maximum Gasteiger partial charge on any atom is 0.328 e. The summed E-state index contributed by atoms with van der Waals surface area (Å²) in [6, 6.07) is 8.72. The van der Waals surface area contributed by atoms with Gasteiger partial charge < -0.3 is 15.4 Å². The number of ether oxygens (including phenoxy) is 1. The fraction of sp³-hybridized carbons (Fsp3) is 0.500. The summed E-state index contributed by atoms with van der Waals surface area (Å²) >= 11 is 0. The van der Waals surface area contributed by atoms with Crippen molar-refractivity contribution in [1.29, 1.82) is 0 Å². The highest BCUT2D eigenvalue weighted by molar-refractivity contribution is 5.85. The number of nitrogens with one attached hydrogen (secondary N) is 2. The minimum atomic E-state index is -0.660. The average Bonchev–Trinajstić information content (AvgIpc) is 2.59. The number of hydrogen-bond donors (Lipinski definition) is 2. The lowest BCUT2D eigenvalue weighted by Crippen LogP contribution is -2.46. The fourth-order valence-electron chi connectivity index (χ4n) is 2.20. The second-order valence-electron chi connectivity index (χ2n) is 5.72. The second-order valence-corrected chi connectivity index (χ2v) is 5.72. The van der Waals surface area contributed by atoms with E-state index in [1.807, 2.05) is 44.2 Å². The molecule has 1 rings (SSSR count). The third-order valence-electron chi connectivity index (χ3n) is 3.87. The van der Waals surface area contributed by atoms with E-state index in [4.69, 9.17) is 4.74 Å². The summed E-state index contributed by atoms with van der Waals surface area (Å²) in [5.41, 5.74) is 0.918. The number of amides is 2. The van der Waals surface area contributed by atoms with Gasteiger partial charge in [0, 0.05) is 13.0 Å². The Morgan fingerprint density at radius 2 is 1.79 bits per heavy atom. The van der Waals surface area contributed by atoms with Crippen molar-refractivity contribution in [2.24, 2.45) is 5.92 Å². The van der Waals surface area contributed by atoms with Crippen molar-refractivity contribution >= 4 is 17.8 Å². The van der Waals surface area contributed by atoms with Gasteiger partial charge in [-0.15, -0.1) is 0 Å². The van der Waals surface area contributed by atoms with Crippen LogP contribution in [0.4, 0.5) is 0 Å². The molecule has 0 heterocycles. The monoisotopic (exact) mass is 334 g/mol. The first-order valence-corrected chi connectivity index (χ1v) is 8.15. The van der Waals surface area contributed by atoms with Gasteiger partial charge in [0.15, 0.2) is 0 Å². The molecule has 2 N–H and O–H groups in total. The molecular weight excluding hydrogens is 308 g/mol. The van der Waals surface area contributed by atoms with Crippen LogP contribution in [-0.4, -0.2) is 37.5 Å². The van der Waals surface area contributed by atoms with Gasteiger partial charge >= 0.3 is 5.97 Å². The van der Waals surface area contributed by atoms with E-state index in [1.54, 1.807) is 0 Å². The molecule has 0 unspecified atom stereocenters. The van der Waals surface area contributed by atoms with E-state index >= 15 is 0 Å². The minimum absolute atomic E-state index is 0.0194. The zero-order valence-electron chi connectivity index (χ0n) is 14.5. The lowest BCUT2D eigenvalue weighted by Gasteiger charge is -2.21. The first-order chi connectivity index (χ1) is 11.5.